The molecule has 4 aliphatic rings. The van der Waals surface area contributed by atoms with Crippen LogP contribution in [0.25, 0.3) is 0 Å². The van der Waals surface area contributed by atoms with Crippen LogP contribution in [-0.4, -0.2) is 18.2 Å². The Morgan fingerprint density at radius 3 is 2.60 bits per heavy atom. The molecule has 3 nitrogen and oxygen atoms in total. The largest absolute Gasteiger partial charge is 0.501 e. The molecule has 0 heterocycles. The van der Waals surface area contributed by atoms with Crippen LogP contribution in [0.3, 0.4) is 0 Å². The van der Waals surface area contributed by atoms with E-state index in [1.54, 1.807) is 7.11 Å². The third-order valence-corrected chi connectivity index (χ3v) is 9.30. The van der Waals surface area contributed by atoms with E-state index in [1.165, 1.54) is 24.8 Å². The summed E-state index contributed by atoms with van der Waals surface area (Å²) >= 11 is 0. The van der Waals surface area contributed by atoms with E-state index < -0.39 is 11.8 Å². The Kier molecular flexibility index (Phi) is 5.65. The van der Waals surface area contributed by atoms with Crippen LogP contribution in [0.15, 0.2) is 34.9 Å². The highest BCUT2D eigenvalue weighted by molar-refractivity contribution is 5.85. The molecule has 2 fully saturated rings. The maximum Gasteiger partial charge on any atom is 0.364 e. The average Bonchev–Trinajstić information content (AvgIpc) is 3.08. The molecule has 6 atom stereocenters. The van der Waals surface area contributed by atoms with E-state index >= 15 is 0 Å². The molecule has 2 saturated carbocycles. The predicted molar refractivity (Wildman–Crippen MR) is 116 cm³/mol. The Morgan fingerprint density at radius 1 is 1.20 bits per heavy atom. The zero-order valence-corrected chi connectivity index (χ0v) is 19.0. The molecular formula is C26H37FO3. The number of halogens is 1. The van der Waals surface area contributed by atoms with E-state index in [2.05, 4.69) is 32.9 Å². The minimum Gasteiger partial charge on any atom is -0.501 e. The molecule has 0 bridgehead atoms. The van der Waals surface area contributed by atoms with Crippen molar-refractivity contribution in [3.63, 3.8) is 0 Å². The fourth-order valence-corrected chi connectivity index (χ4v) is 7.63. The second-order valence-corrected chi connectivity index (χ2v) is 10.5. The lowest BCUT2D eigenvalue weighted by molar-refractivity contribution is -0.134. The number of methoxy groups -OCH3 is 1. The van der Waals surface area contributed by atoms with Crippen molar-refractivity contribution in [1.29, 1.82) is 0 Å². The Hall–Kier alpha value is -1.58. The monoisotopic (exact) mass is 416 g/mol. The first-order valence-corrected chi connectivity index (χ1v) is 11.9. The van der Waals surface area contributed by atoms with Crippen molar-refractivity contribution in [3.05, 3.63) is 34.9 Å². The predicted octanol–water partition coefficient (Wildman–Crippen LogP) is 6.81. The van der Waals surface area contributed by atoms with Crippen molar-refractivity contribution in [2.24, 2.45) is 34.5 Å². The summed E-state index contributed by atoms with van der Waals surface area (Å²) in [5.41, 5.74) is 1.87. The van der Waals surface area contributed by atoms with Gasteiger partial charge in [0, 0.05) is 6.42 Å². The molecule has 0 aromatic carbocycles. The van der Waals surface area contributed by atoms with Gasteiger partial charge in [0.05, 0.1) is 12.9 Å². The molecule has 1 unspecified atom stereocenters. The number of aliphatic carboxylic acids is 1. The van der Waals surface area contributed by atoms with Crippen LogP contribution < -0.4 is 0 Å². The molecule has 30 heavy (non-hydrogen) atoms. The van der Waals surface area contributed by atoms with E-state index in [1.807, 2.05) is 0 Å². The summed E-state index contributed by atoms with van der Waals surface area (Å²) in [6.07, 6.45) is 13.9. The van der Waals surface area contributed by atoms with Crippen molar-refractivity contribution in [1.82, 2.24) is 0 Å². The number of rotatable bonds is 5. The van der Waals surface area contributed by atoms with E-state index in [9.17, 15) is 14.3 Å². The molecule has 0 aromatic heterocycles. The average molecular weight is 417 g/mol. The van der Waals surface area contributed by atoms with Gasteiger partial charge in [-0.2, -0.15) is 4.39 Å². The standard InChI is InChI=1S/C26H37FO3/c1-5-6-7-16-14-17-15-18(30-4)10-12-25(17,2)20-11-13-26(3)19(22(16)20)8-9-21(26)23(27)24(28)29/h14-16,19-20,22H,5-13H2,1-4H3,(H,28,29)/t16?,19-,20-,22-,25-,26-/m0/s1. The summed E-state index contributed by atoms with van der Waals surface area (Å²) in [6.45, 7) is 6.83. The molecule has 0 spiro atoms. The minimum atomic E-state index is -1.39. The van der Waals surface area contributed by atoms with Crippen LogP contribution >= 0.6 is 0 Å². The summed E-state index contributed by atoms with van der Waals surface area (Å²) in [5.74, 6) is 0.774. The molecule has 0 aliphatic heterocycles. The number of carboxylic acids is 1. The number of carbonyl (C=O) groups is 1. The third kappa shape index (κ3) is 3.17. The summed E-state index contributed by atoms with van der Waals surface area (Å²) in [6, 6.07) is 0. The number of allylic oxidation sites excluding steroid dienone is 5. The van der Waals surface area contributed by atoms with Crippen molar-refractivity contribution >= 4 is 5.97 Å². The molecular weight excluding hydrogens is 379 g/mol. The summed E-state index contributed by atoms with van der Waals surface area (Å²) in [5, 5.41) is 9.33. The first-order chi connectivity index (χ1) is 14.3. The molecule has 0 radical (unpaired) electrons. The van der Waals surface area contributed by atoms with Crippen LogP contribution in [0.5, 0.6) is 0 Å². The van der Waals surface area contributed by atoms with Crippen molar-refractivity contribution in [3.8, 4) is 0 Å². The molecule has 166 valence electrons. The van der Waals surface area contributed by atoms with Crippen molar-refractivity contribution in [2.75, 3.05) is 7.11 Å². The number of carboxylic acid groups (broad SMARTS) is 1. The second kappa shape index (κ2) is 7.84. The van der Waals surface area contributed by atoms with Gasteiger partial charge in [-0.1, -0.05) is 39.7 Å². The maximum atomic E-state index is 14.6. The number of hydrogen-bond acceptors (Lipinski definition) is 2. The second-order valence-electron chi connectivity index (χ2n) is 10.5. The number of ether oxygens (including phenoxy) is 1. The first kappa shape index (κ1) is 21.6. The van der Waals surface area contributed by atoms with Gasteiger partial charge in [-0.3, -0.25) is 0 Å². The molecule has 4 rings (SSSR count). The van der Waals surface area contributed by atoms with Gasteiger partial charge in [0.15, 0.2) is 0 Å². The SMILES string of the molecule is CCCCC1C=C2C=C(OC)CC[C@]2(C)[C@H]2CC[C@]3(C)C(=C(F)C(=O)O)CC[C@H]3[C@H]12. The van der Waals surface area contributed by atoms with Gasteiger partial charge >= 0.3 is 5.97 Å². The van der Waals surface area contributed by atoms with Crippen LogP contribution in [-0.2, 0) is 9.53 Å². The first-order valence-electron chi connectivity index (χ1n) is 11.9. The van der Waals surface area contributed by atoms with E-state index in [4.69, 9.17) is 4.74 Å². The molecule has 0 aromatic rings. The zero-order valence-electron chi connectivity index (χ0n) is 19.0. The van der Waals surface area contributed by atoms with Crippen molar-refractivity contribution in [2.45, 2.75) is 78.6 Å². The molecule has 0 amide bonds. The van der Waals surface area contributed by atoms with E-state index in [-0.39, 0.29) is 10.8 Å². The van der Waals surface area contributed by atoms with E-state index in [0.29, 0.717) is 35.7 Å². The van der Waals surface area contributed by atoms with Gasteiger partial charge in [-0.15, -0.1) is 0 Å². The van der Waals surface area contributed by atoms with Crippen LogP contribution in [0, 0.1) is 34.5 Å². The lowest BCUT2D eigenvalue weighted by Crippen LogP contribution is -2.51. The fraction of sp³-hybridized carbons (Fsp3) is 0.731. The highest BCUT2D eigenvalue weighted by atomic mass is 19.1. The molecule has 4 aliphatic carbocycles. The molecule has 1 N–H and O–H groups in total. The topological polar surface area (TPSA) is 46.5 Å². The Morgan fingerprint density at radius 2 is 1.93 bits per heavy atom. The van der Waals surface area contributed by atoms with Gasteiger partial charge in [-0.05, 0) is 90.2 Å². The maximum absolute atomic E-state index is 14.6. The normalized spacial score (nSPS) is 41.8. The Labute approximate surface area is 180 Å². The minimum absolute atomic E-state index is 0.147. The summed E-state index contributed by atoms with van der Waals surface area (Å²) in [4.78, 5) is 11.4. The highest BCUT2D eigenvalue weighted by Crippen LogP contribution is 2.67. The third-order valence-electron chi connectivity index (χ3n) is 9.30. The number of unbranched alkanes of at least 4 members (excludes halogenated alkanes) is 1. The number of hydrogen-bond donors (Lipinski definition) is 1. The van der Waals surface area contributed by atoms with Crippen LogP contribution in [0.1, 0.15) is 78.6 Å². The van der Waals surface area contributed by atoms with Gasteiger partial charge in [-0.25, -0.2) is 4.79 Å². The fourth-order valence-electron chi connectivity index (χ4n) is 7.63. The van der Waals surface area contributed by atoms with Gasteiger partial charge < -0.3 is 9.84 Å². The molecule has 0 saturated heterocycles. The number of fused-ring (bicyclic) bond motifs is 5. The summed E-state index contributed by atoms with van der Waals surface area (Å²) < 4.78 is 20.2. The Bertz CT molecular complexity index is 809. The van der Waals surface area contributed by atoms with Gasteiger partial charge in [0.25, 0.3) is 0 Å². The van der Waals surface area contributed by atoms with Gasteiger partial charge in [0.1, 0.15) is 0 Å². The van der Waals surface area contributed by atoms with Gasteiger partial charge in [0.2, 0.25) is 5.83 Å². The summed E-state index contributed by atoms with van der Waals surface area (Å²) in [7, 11) is 1.77. The zero-order chi connectivity index (χ0) is 21.7. The lowest BCUT2D eigenvalue weighted by Gasteiger charge is -2.58. The molecule has 4 heteroatoms. The van der Waals surface area contributed by atoms with Crippen molar-refractivity contribution < 1.29 is 19.0 Å². The van der Waals surface area contributed by atoms with Crippen LogP contribution in [0.2, 0.25) is 0 Å². The van der Waals surface area contributed by atoms with E-state index in [0.717, 1.165) is 37.9 Å². The van der Waals surface area contributed by atoms with Crippen LogP contribution in [0.4, 0.5) is 4.39 Å². The Balaban J connectivity index is 1.77. The highest BCUT2D eigenvalue weighted by Gasteiger charge is 2.59. The lowest BCUT2D eigenvalue weighted by atomic mass is 9.46. The quantitative estimate of drug-likeness (QED) is 0.501. The smallest absolute Gasteiger partial charge is 0.364 e.